The van der Waals surface area contributed by atoms with E-state index >= 15 is 0 Å². The lowest BCUT2D eigenvalue weighted by atomic mass is 10.1. The van der Waals surface area contributed by atoms with Crippen LogP contribution in [0.25, 0.3) is 0 Å². The zero-order chi connectivity index (χ0) is 23.6. The number of hydrogen-bond donors (Lipinski definition) is 0. The van der Waals surface area contributed by atoms with Gasteiger partial charge in [0.1, 0.15) is 10.8 Å². The summed E-state index contributed by atoms with van der Waals surface area (Å²) in [6.45, 7) is 0.148. The molecule has 1 aliphatic rings. The van der Waals surface area contributed by atoms with Crippen molar-refractivity contribution in [3.8, 4) is 11.6 Å². The van der Waals surface area contributed by atoms with Gasteiger partial charge in [-0.05, 0) is 29.8 Å². The SMILES string of the molecule is CC(F)(F)COc1ncc(CN2Cc3c(ccnc3C(=O)Oc3ccccc3)C2=O)cc1Cl. The van der Waals surface area contributed by atoms with Crippen molar-refractivity contribution in [3.63, 3.8) is 0 Å². The third kappa shape index (κ3) is 5.25. The Hall–Kier alpha value is -3.59. The van der Waals surface area contributed by atoms with Crippen LogP contribution in [-0.2, 0) is 13.1 Å². The maximum Gasteiger partial charge on any atom is 0.362 e. The molecule has 0 saturated heterocycles. The van der Waals surface area contributed by atoms with Crippen LogP contribution in [-0.4, -0.2) is 39.3 Å². The molecular formula is C23H18ClF2N3O4. The van der Waals surface area contributed by atoms with Gasteiger partial charge in [-0.25, -0.2) is 23.5 Å². The summed E-state index contributed by atoms with van der Waals surface area (Å²) in [4.78, 5) is 35.1. The zero-order valence-corrected chi connectivity index (χ0v) is 18.2. The summed E-state index contributed by atoms with van der Waals surface area (Å²) in [6, 6.07) is 11.6. The number of alkyl halides is 2. The summed E-state index contributed by atoms with van der Waals surface area (Å²) in [5, 5.41) is 0.0507. The first-order chi connectivity index (χ1) is 15.7. The lowest BCUT2D eigenvalue weighted by Gasteiger charge is -2.17. The second-order valence-electron chi connectivity index (χ2n) is 7.54. The summed E-state index contributed by atoms with van der Waals surface area (Å²) in [6.07, 6.45) is 2.78. The number of aromatic nitrogens is 2. The fourth-order valence-electron chi connectivity index (χ4n) is 3.31. The van der Waals surface area contributed by atoms with Crippen molar-refractivity contribution in [2.75, 3.05) is 6.61 Å². The predicted molar refractivity (Wildman–Crippen MR) is 115 cm³/mol. The van der Waals surface area contributed by atoms with Gasteiger partial charge in [0.2, 0.25) is 5.88 Å². The van der Waals surface area contributed by atoms with Crippen LogP contribution in [0.4, 0.5) is 8.78 Å². The Bertz CT molecular complexity index is 1200. The number of fused-ring (bicyclic) bond motifs is 1. The Morgan fingerprint density at radius 3 is 2.67 bits per heavy atom. The van der Waals surface area contributed by atoms with E-state index in [0.29, 0.717) is 22.4 Å². The van der Waals surface area contributed by atoms with E-state index in [1.165, 1.54) is 23.4 Å². The van der Waals surface area contributed by atoms with Gasteiger partial charge in [0.25, 0.3) is 11.8 Å². The minimum atomic E-state index is -3.02. The molecule has 0 spiro atoms. The molecule has 0 atom stereocenters. The van der Waals surface area contributed by atoms with Gasteiger partial charge in [-0.3, -0.25) is 4.79 Å². The highest BCUT2D eigenvalue weighted by atomic mass is 35.5. The second-order valence-corrected chi connectivity index (χ2v) is 7.95. The van der Waals surface area contributed by atoms with Crippen molar-refractivity contribution in [1.82, 2.24) is 14.9 Å². The van der Waals surface area contributed by atoms with E-state index in [0.717, 1.165) is 6.92 Å². The van der Waals surface area contributed by atoms with Gasteiger partial charge in [-0.15, -0.1) is 0 Å². The van der Waals surface area contributed by atoms with Crippen LogP contribution in [0.3, 0.4) is 0 Å². The molecule has 0 aliphatic carbocycles. The number of hydrogen-bond acceptors (Lipinski definition) is 6. The number of halogens is 3. The van der Waals surface area contributed by atoms with Crippen molar-refractivity contribution in [3.05, 3.63) is 82.3 Å². The largest absolute Gasteiger partial charge is 0.470 e. The van der Waals surface area contributed by atoms with Crippen LogP contribution >= 0.6 is 11.6 Å². The number of benzene rings is 1. The van der Waals surface area contributed by atoms with E-state index in [-0.39, 0.29) is 35.6 Å². The molecule has 0 N–H and O–H groups in total. The molecule has 4 rings (SSSR count). The van der Waals surface area contributed by atoms with Crippen molar-refractivity contribution >= 4 is 23.5 Å². The summed E-state index contributed by atoms with van der Waals surface area (Å²) in [5.74, 6) is -3.72. The number of carbonyl (C=O) groups excluding carboxylic acids is 2. The predicted octanol–water partition coefficient (Wildman–Crippen LogP) is 4.54. The number of ether oxygens (including phenoxy) is 2. The maximum absolute atomic E-state index is 13.0. The Morgan fingerprint density at radius 1 is 1.21 bits per heavy atom. The highest BCUT2D eigenvalue weighted by Gasteiger charge is 2.32. The molecule has 0 fully saturated rings. The van der Waals surface area contributed by atoms with Crippen LogP contribution in [0.5, 0.6) is 11.6 Å². The monoisotopic (exact) mass is 473 g/mol. The Kier molecular flexibility index (Phi) is 6.24. The first-order valence-corrected chi connectivity index (χ1v) is 10.3. The van der Waals surface area contributed by atoms with Crippen molar-refractivity contribution < 1.29 is 27.8 Å². The fourth-order valence-corrected chi connectivity index (χ4v) is 3.55. The third-order valence-corrected chi connectivity index (χ3v) is 5.04. The van der Waals surface area contributed by atoms with Gasteiger partial charge in [0, 0.05) is 43.5 Å². The van der Waals surface area contributed by atoms with Crippen LogP contribution in [0.15, 0.2) is 54.9 Å². The first kappa shape index (κ1) is 22.6. The number of esters is 1. The highest BCUT2D eigenvalue weighted by Crippen LogP contribution is 2.29. The Labute approximate surface area is 192 Å². The van der Waals surface area contributed by atoms with Gasteiger partial charge in [-0.1, -0.05) is 29.8 Å². The quantitative estimate of drug-likeness (QED) is 0.370. The number of nitrogens with zero attached hydrogens (tertiary/aromatic N) is 3. The molecular weight excluding hydrogens is 456 g/mol. The number of pyridine rings is 2. The van der Waals surface area contributed by atoms with Gasteiger partial charge >= 0.3 is 5.97 Å². The average Bonchev–Trinajstić information content (AvgIpc) is 3.08. The van der Waals surface area contributed by atoms with Crippen LogP contribution in [0, 0.1) is 0 Å². The molecule has 10 heteroatoms. The number of para-hydroxylation sites is 1. The van der Waals surface area contributed by atoms with Gasteiger partial charge in [0.15, 0.2) is 12.3 Å². The molecule has 33 heavy (non-hydrogen) atoms. The lowest BCUT2D eigenvalue weighted by Crippen LogP contribution is -2.23. The maximum atomic E-state index is 13.0. The van der Waals surface area contributed by atoms with Crippen molar-refractivity contribution in [2.45, 2.75) is 25.9 Å². The van der Waals surface area contributed by atoms with E-state index in [2.05, 4.69) is 9.97 Å². The van der Waals surface area contributed by atoms with E-state index in [9.17, 15) is 18.4 Å². The molecule has 3 aromatic rings. The normalized spacial score (nSPS) is 13.1. The minimum absolute atomic E-state index is 0.0507. The van der Waals surface area contributed by atoms with Gasteiger partial charge in [0.05, 0.1) is 0 Å². The first-order valence-electron chi connectivity index (χ1n) is 9.91. The Morgan fingerprint density at radius 2 is 1.97 bits per heavy atom. The number of rotatable bonds is 7. The molecule has 0 unspecified atom stereocenters. The number of amides is 1. The summed E-state index contributed by atoms with van der Waals surface area (Å²) >= 11 is 6.11. The van der Waals surface area contributed by atoms with E-state index in [1.54, 1.807) is 36.4 Å². The molecule has 1 aliphatic heterocycles. The van der Waals surface area contributed by atoms with Crippen molar-refractivity contribution in [1.29, 1.82) is 0 Å². The Balaban J connectivity index is 1.48. The minimum Gasteiger partial charge on any atom is -0.470 e. The molecule has 7 nitrogen and oxygen atoms in total. The van der Waals surface area contributed by atoms with Gasteiger partial charge < -0.3 is 14.4 Å². The fraction of sp³-hybridized carbons (Fsp3) is 0.217. The topological polar surface area (TPSA) is 81.6 Å². The van der Waals surface area contributed by atoms with E-state index in [4.69, 9.17) is 21.1 Å². The van der Waals surface area contributed by atoms with Crippen molar-refractivity contribution in [2.24, 2.45) is 0 Å². The second kappa shape index (κ2) is 9.11. The molecule has 0 radical (unpaired) electrons. The molecule has 2 aromatic heterocycles. The summed E-state index contributed by atoms with van der Waals surface area (Å²) in [7, 11) is 0. The highest BCUT2D eigenvalue weighted by molar-refractivity contribution is 6.31. The molecule has 1 aromatic carbocycles. The number of carbonyl (C=O) groups is 2. The van der Waals surface area contributed by atoms with E-state index in [1.807, 2.05) is 0 Å². The van der Waals surface area contributed by atoms with Gasteiger partial charge in [-0.2, -0.15) is 0 Å². The molecule has 0 saturated carbocycles. The summed E-state index contributed by atoms with van der Waals surface area (Å²) in [5.41, 5.74) is 1.45. The summed E-state index contributed by atoms with van der Waals surface area (Å²) < 4.78 is 36.3. The van der Waals surface area contributed by atoms with E-state index < -0.39 is 18.5 Å². The molecule has 1 amide bonds. The zero-order valence-electron chi connectivity index (χ0n) is 17.4. The van der Waals surface area contributed by atoms with Crippen LogP contribution < -0.4 is 9.47 Å². The smallest absolute Gasteiger partial charge is 0.362 e. The average molecular weight is 474 g/mol. The molecule has 0 bridgehead atoms. The standard InChI is InChI=1S/C23H18ClF2N3O4/c1-23(25,26)13-32-20-18(24)9-14(10-28-20)11-29-12-17-16(21(29)30)7-8-27-19(17)22(31)33-15-5-3-2-4-6-15/h2-10H,11-13H2,1H3. The molecule has 3 heterocycles. The van der Waals surface area contributed by atoms with Crippen LogP contribution in [0.2, 0.25) is 5.02 Å². The lowest BCUT2D eigenvalue weighted by molar-refractivity contribution is -0.0242. The van der Waals surface area contributed by atoms with Crippen LogP contribution in [0.1, 0.15) is 38.9 Å². The third-order valence-electron chi connectivity index (χ3n) is 4.77. The molecule has 170 valence electrons.